The fourth-order valence-electron chi connectivity index (χ4n) is 3.45. The third-order valence-corrected chi connectivity index (χ3v) is 10.9. The first-order valence-electron chi connectivity index (χ1n) is 12.4. The molecule has 0 aliphatic carbocycles. The van der Waals surface area contributed by atoms with E-state index in [2.05, 4.69) is 0 Å². The lowest BCUT2D eigenvalue weighted by Crippen LogP contribution is -2.45. The number of hydrogen-bond acceptors (Lipinski definition) is 9. The highest BCUT2D eigenvalue weighted by Crippen LogP contribution is 2.21. The Labute approximate surface area is 202 Å². The normalized spacial score (nSPS) is 12.2. The average Bonchev–Trinajstić information content (AvgIpc) is 2.75. The minimum Gasteiger partial charge on any atom is -0.393 e. The van der Waals surface area contributed by atoms with Crippen LogP contribution in [0.25, 0.3) is 0 Å². The topological polar surface area (TPSA) is 98.8 Å². The third kappa shape index (κ3) is 14.4. The van der Waals surface area contributed by atoms with E-state index in [1.54, 1.807) is 0 Å². The van der Waals surface area contributed by atoms with Crippen molar-refractivity contribution in [2.75, 3.05) is 39.6 Å². The third-order valence-electron chi connectivity index (χ3n) is 4.64. The lowest BCUT2D eigenvalue weighted by atomic mass is 10.2. The molecule has 33 heavy (non-hydrogen) atoms. The van der Waals surface area contributed by atoms with Crippen LogP contribution >= 0.6 is 0 Å². The van der Waals surface area contributed by atoms with E-state index in [9.17, 15) is 9.59 Å². The van der Waals surface area contributed by atoms with Crippen LogP contribution in [0.15, 0.2) is 0 Å². The summed E-state index contributed by atoms with van der Waals surface area (Å²) < 4.78 is 39.8. The Bertz CT molecular complexity index is 442. The van der Waals surface area contributed by atoms with Crippen molar-refractivity contribution in [2.45, 2.75) is 92.2 Å². The van der Waals surface area contributed by atoms with E-state index in [1.165, 1.54) is 0 Å². The van der Waals surface area contributed by atoms with E-state index in [4.69, 9.17) is 31.3 Å². The molecule has 11 heteroatoms. The molecule has 0 aliphatic rings. The SMILES string of the molecule is CCO[Si](CCCCC(=O)OC(=O)CCCC[Si](OCC)(OCC)OCC)(OCC)OCC. The second-order valence-corrected chi connectivity index (χ2v) is 12.7. The maximum absolute atomic E-state index is 12.0. The summed E-state index contributed by atoms with van der Waals surface area (Å²) in [4.78, 5) is 24.0. The van der Waals surface area contributed by atoms with Gasteiger partial charge in [0.1, 0.15) is 0 Å². The second kappa shape index (κ2) is 19.6. The van der Waals surface area contributed by atoms with E-state index < -0.39 is 29.5 Å². The van der Waals surface area contributed by atoms with Crippen LogP contribution in [-0.4, -0.2) is 69.2 Å². The van der Waals surface area contributed by atoms with Gasteiger partial charge in [0.25, 0.3) is 0 Å². The summed E-state index contributed by atoms with van der Waals surface area (Å²) in [5.41, 5.74) is 0. The summed E-state index contributed by atoms with van der Waals surface area (Å²) in [5, 5.41) is 0. The molecule has 9 nitrogen and oxygen atoms in total. The molecule has 0 aromatic rings. The number of unbranched alkanes of at least 4 members (excludes halogenated alkanes) is 2. The quantitative estimate of drug-likeness (QED) is 0.0902. The Morgan fingerprint density at radius 3 is 1.00 bits per heavy atom. The number of ether oxygens (including phenoxy) is 1. The van der Waals surface area contributed by atoms with Gasteiger partial charge in [0.2, 0.25) is 0 Å². The molecule has 0 aromatic carbocycles. The van der Waals surface area contributed by atoms with E-state index in [-0.39, 0.29) is 12.8 Å². The molecule has 0 unspecified atom stereocenters. The smallest absolute Gasteiger partial charge is 0.393 e. The largest absolute Gasteiger partial charge is 0.500 e. The summed E-state index contributed by atoms with van der Waals surface area (Å²) in [7, 11) is -5.40. The van der Waals surface area contributed by atoms with Crippen molar-refractivity contribution in [3.63, 3.8) is 0 Å². The molecule has 0 spiro atoms. The Balaban J connectivity index is 4.30. The van der Waals surface area contributed by atoms with Gasteiger partial charge in [-0.25, -0.2) is 0 Å². The first-order valence-corrected chi connectivity index (χ1v) is 16.3. The highest BCUT2D eigenvalue weighted by Gasteiger charge is 2.40. The molecule has 0 N–H and O–H groups in total. The number of hydrogen-bond donors (Lipinski definition) is 0. The van der Waals surface area contributed by atoms with Crippen LogP contribution in [0.1, 0.15) is 80.1 Å². The summed E-state index contributed by atoms with van der Waals surface area (Å²) in [5.74, 6) is -1.00. The van der Waals surface area contributed by atoms with Crippen LogP contribution in [0.2, 0.25) is 12.1 Å². The zero-order valence-corrected chi connectivity index (χ0v) is 23.6. The van der Waals surface area contributed by atoms with Gasteiger partial charge in [0, 0.05) is 64.6 Å². The monoisotopic (exact) mass is 510 g/mol. The van der Waals surface area contributed by atoms with Crippen molar-refractivity contribution < 1.29 is 40.9 Å². The maximum Gasteiger partial charge on any atom is 0.500 e. The summed E-state index contributed by atoms with van der Waals surface area (Å²) in [6.45, 7) is 14.6. The molecule has 0 saturated carbocycles. The Kier molecular flexibility index (Phi) is 19.2. The van der Waals surface area contributed by atoms with Gasteiger partial charge < -0.3 is 31.3 Å². The van der Waals surface area contributed by atoms with E-state index in [0.717, 1.165) is 0 Å². The zero-order chi connectivity index (χ0) is 25.0. The van der Waals surface area contributed by atoms with Gasteiger partial charge in [-0.2, -0.15) is 0 Å². The molecule has 0 bridgehead atoms. The van der Waals surface area contributed by atoms with Crippen molar-refractivity contribution in [1.82, 2.24) is 0 Å². The van der Waals surface area contributed by atoms with E-state index in [1.807, 2.05) is 41.5 Å². The first-order chi connectivity index (χ1) is 15.9. The Morgan fingerprint density at radius 2 is 0.758 bits per heavy atom. The minimum absolute atomic E-state index is 0.176. The first kappa shape index (κ1) is 32.3. The van der Waals surface area contributed by atoms with Gasteiger partial charge >= 0.3 is 29.5 Å². The van der Waals surface area contributed by atoms with Crippen molar-refractivity contribution in [3.05, 3.63) is 0 Å². The molecule has 0 amide bonds. The molecule has 0 radical (unpaired) electrons. The van der Waals surface area contributed by atoms with Gasteiger partial charge in [0.15, 0.2) is 0 Å². The summed E-state index contributed by atoms with van der Waals surface area (Å²) in [6.07, 6.45) is 2.92. The molecule has 0 heterocycles. The predicted octanol–water partition coefficient (Wildman–Crippen LogP) is 4.49. The zero-order valence-electron chi connectivity index (χ0n) is 21.6. The molecule has 0 aliphatic heterocycles. The minimum atomic E-state index is -2.70. The molecular weight excluding hydrogens is 464 g/mol. The van der Waals surface area contributed by atoms with Crippen molar-refractivity contribution >= 4 is 29.5 Å². The number of rotatable bonds is 22. The molecule has 0 aromatic heterocycles. The van der Waals surface area contributed by atoms with Crippen molar-refractivity contribution in [1.29, 1.82) is 0 Å². The van der Waals surface area contributed by atoms with Crippen LogP contribution in [0.3, 0.4) is 0 Å². The van der Waals surface area contributed by atoms with Crippen LogP contribution in [-0.2, 0) is 40.9 Å². The highest BCUT2D eigenvalue weighted by atomic mass is 28.4. The lowest BCUT2D eigenvalue weighted by molar-refractivity contribution is -0.159. The predicted molar refractivity (Wildman–Crippen MR) is 130 cm³/mol. The maximum atomic E-state index is 12.0. The van der Waals surface area contributed by atoms with E-state index >= 15 is 0 Å². The Hall–Kier alpha value is -0.666. The average molecular weight is 511 g/mol. The van der Waals surface area contributed by atoms with Crippen molar-refractivity contribution in [2.24, 2.45) is 0 Å². The van der Waals surface area contributed by atoms with Gasteiger partial charge in [-0.3, -0.25) is 9.59 Å². The molecule has 0 atom stereocenters. The van der Waals surface area contributed by atoms with E-state index in [0.29, 0.717) is 77.4 Å². The van der Waals surface area contributed by atoms with Gasteiger partial charge in [-0.15, -0.1) is 0 Å². The standard InChI is InChI=1S/C22H46O9Si2/c1-7-25-32(26-8-2,27-9-3)19-15-13-17-21(23)31-22(24)18-14-16-20-33(28-10-4,29-11-5)30-12-6/h7-20H2,1-6H3. The highest BCUT2D eigenvalue weighted by molar-refractivity contribution is 6.61. The van der Waals surface area contributed by atoms with Crippen LogP contribution in [0.4, 0.5) is 0 Å². The summed E-state index contributed by atoms with van der Waals surface area (Å²) >= 11 is 0. The molecule has 0 fully saturated rings. The lowest BCUT2D eigenvalue weighted by Gasteiger charge is -2.28. The van der Waals surface area contributed by atoms with Gasteiger partial charge in [-0.1, -0.05) is 0 Å². The summed E-state index contributed by atoms with van der Waals surface area (Å²) in [6, 6.07) is 1.27. The Morgan fingerprint density at radius 1 is 0.485 bits per heavy atom. The molecule has 0 rings (SSSR count). The molecule has 196 valence electrons. The number of esters is 2. The van der Waals surface area contributed by atoms with Crippen LogP contribution in [0, 0.1) is 0 Å². The van der Waals surface area contributed by atoms with Crippen LogP contribution < -0.4 is 0 Å². The fraction of sp³-hybridized carbons (Fsp3) is 0.909. The van der Waals surface area contributed by atoms with Crippen LogP contribution in [0.5, 0.6) is 0 Å². The molecular formula is C22H46O9Si2. The fourth-order valence-corrected chi connectivity index (χ4v) is 8.82. The number of carbonyl (C=O) groups excluding carboxylic acids is 2. The van der Waals surface area contributed by atoms with Crippen molar-refractivity contribution in [3.8, 4) is 0 Å². The number of carbonyl (C=O) groups is 2. The molecule has 0 saturated heterocycles. The second-order valence-electron chi connectivity index (χ2n) is 7.22. The van der Waals surface area contributed by atoms with Gasteiger partial charge in [-0.05, 0) is 67.2 Å². The van der Waals surface area contributed by atoms with Gasteiger partial charge in [0.05, 0.1) is 0 Å².